The van der Waals surface area contributed by atoms with Gasteiger partial charge in [0.05, 0.1) is 47.8 Å². The Morgan fingerprint density at radius 1 is 0.636 bits per heavy atom. The summed E-state index contributed by atoms with van der Waals surface area (Å²) in [5.41, 5.74) is 3.59. The van der Waals surface area contributed by atoms with Gasteiger partial charge in [-0.1, -0.05) is 51.5 Å². The molecule has 2 saturated carbocycles. The molecule has 4 heterocycles. The van der Waals surface area contributed by atoms with Crippen molar-refractivity contribution in [3.8, 4) is 47.9 Å². The van der Waals surface area contributed by atoms with Crippen LogP contribution in [0.15, 0.2) is 41.1 Å². The van der Waals surface area contributed by atoms with Gasteiger partial charge in [-0.15, -0.1) is 12.3 Å². The van der Waals surface area contributed by atoms with E-state index in [4.69, 9.17) is 15.9 Å². The molecule has 2 aliphatic heterocycles. The van der Waals surface area contributed by atoms with E-state index >= 15 is 0 Å². The largest absolute Gasteiger partial charge is 0.394 e. The lowest BCUT2D eigenvalue weighted by molar-refractivity contribution is -0.214. The molecule has 2 aromatic carbocycles. The number of ether oxygens (including phenoxy) is 2. The van der Waals surface area contributed by atoms with Crippen molar-refractivity contribution in [3.63, 3.8) is 0 Å². The molecule has 0 bridgehead atoms. The SMILES string of the molecule is C#CC1CC1.OC[C@H]1O[C@H](C#Cc2cc(Br)cc3cn[nH]c23)[C@@H](O)[C@@H](O)[C@@H]1O.OC[C@H]1O[C@H](C#Cc2cc(C#CC3CC3)cc3cn[nH]c23)[C@@H](O)[C@@H](O)[C@@H]1O. The van der Waals surface area contributed by atoms with Crippen molar-refractivity contribution in [2.45, 2.75) is 86.7 Å². The molecule has 4 aromatic rings. The molecular weight excluding hydrogens is 776 g/mol. The first-order chi connectivity index (χ1) is 26.5. The van der Waals surface area contributed by atoms with Crippen LogP contribution in [0.5, 0.6) is 0 Å². The molecule has 10 atom stereocenters. The van der Waals surface area contributed by atoms with Crippen molar-refractivity contribution in [3.05, 3.63) is 57.8 Å². The van der Waals surface area contributed by atoms with E-state index in [1.807, 2.05) is 18.2 Å². The lowest BCUT2D eigenvalue weighted by Crippen LogP contribution is -2.58. The standard InChI is InChI=1S/C20H20N2O5.C15H15BrN2O5.C5H6/c23-10-16-19(25)20(26)18(24)15(27-16)6-5-13-7-12(4-3-11-1-2-11)8-14-9-21-22-17(13)14;16-9-3-7(12-8(4-9)5-17-18-12)1-2-10-13(20)15(22)14(21)11(6-19)23-10;1-2-5-3-4-5/h7-9,11,15-16,18-20,23-26H,1-2,10H2,(H,21,22);3-5,10-11,13-15,19-22H,6H2,(H,17,18);1,5H,3-4H2/t15-,16-,18-,19-,20-;10-,11-,13-,14-,15-;/m11./s1. The number of nitrogens with zero attached hydrogens (tertiary/aromatic N) is 2. The number of rotatable bonds is 2. The summed E-state index contributed by atoms with van der Waals surface area (Å²) in [7, 11) is 0. The Morgan fingerprint density at radius 3 is 1.58 bits per heavy atom. The van der Waals surface area contributed by atoms with Crippen LogP contribution >= 0.6 is 15.9 Å². The summed E-state index contributed by atoms with van der Waals surface area (Å²) in [5.74, 6) is 21.5. The number of aromatic amines is 2. The summed E-state index contributed by atoms with van der Waals surface area (Å²) >= 11 is 3.39. The fourth-order valence-electron chi connectivity index (χ4n) is 5.75. The lowest BCUT2D eigenvalue weighted by Gasteiger charge is -2.37. The van der Waals surface area contributed by atoms with Gasteiger partial charge in [0.1, 0.15) is 61.0 Å². The van der Waals surface area contributed by atoms with Crippen molar-refractivity contribution in [1.82, 2.24) is 20.4 Å². The highest BCUT2D eigenvalue weighted by Gasteiger charge is 2.43. The number of H-pyrrole nitrogens is 2. The second-order valence-electron chi connectivity index (χ2n) is 13.7. The molecule has 0 spiro atoms. The van der Waals surface area contributed by atoms with E-state index < -0.39 is 74.3 Å². The van der Waals surface area contributed by atoms with Gasteiger partial charge >= 0.3 is 0 Å². The predicted molar refractivity (Wildman–Crippen MR) is 202 cm³/mol. The van der Waals surface area contributed by atoms with Crippen molar-refractivity contribution < 1.29 is 50.3 Å². The van der Waals surface area contributed by atoms with Crippen LogP contribution in [0, 0.1) is 59.7 Å². The third kappa shape index (κ3) is 9.93. The maximum absolute atomic E-state index is 10.1. The molecule has 2 saturated heterocycles. The molecular formula is C40H41BrN4O10. The number of aliphatic hydroxyl groups excluding tert-OH is 8. The zero-order chi connectivity index (χ0) is 39.2. The Labute approximate surface area is 325 Å². The maximum Gasteiger partial charge on any atom is 0.147 e. The minimum Gasteiger partial charge on any atom is -0.394 e. The third-order valence-electron chi connectivity index (χ3n) is 9.36. The molecule has 0 radical (unpaired) electrons. The van der Waals surface area contributed by atoms with E-state index in [1.165, 1.54) is 12.8 Å². The van der Waals surface area contributed by atoms with E-state index in [-0.39, 0.29) is 0 Å². The number of halogens is 1. The van der Waals surface area contributed by atoms with Crippen molar-refractivity contribution in [2.75, 3.05) is 13.2 Å². The van der Waals surface area contributed by atoms with Gasteiger partial charge in [-0.05, 0) is 49.9 Å². The topological polar surface area (TPSA) is 238 Å². The molecule has 55 heavy (non-hydrogen) atoms. The zero-order valence-corrected chi connectivity index (χ0v) is 31.0. The lowest BCUT2D eigenvalue weighted by atomic mass is 9.95. The highest BCUT2D eigenvalue weighted by molar-refractivity contribution is 9.10. The first-order valence-electron chi connectivity index (χ1n) is 17.7. The highest BCUT2D eigenvalue weighted by atomic mass is 79.9. The third-order valence-corrected chi connectivity index (χ3v) is 9.81. The number of hydrogen-bond acceptors (Lipinski definition) is 12. The Balaban J connectivity index is 0.000000167. The highest BCUT2D eigenvalue weighted by Crippen LogP contribution is 2.29. The summed E-state index contributed by atoms with van der Waals surface area (Å²) in [6, 6.07) is 7.45. The van der Waals surface area contributed by atoms with E-state index in [0.29, 0.717) is 23.0 Å². The second kappa shape index (κ2) is 18.1. The van der Waals surface area contributed by atoms with Crippen LogP contribution in [0.3, 0.4) is 0 Å². The fourth-order valence-corrected chi connectivity index (χ4v) is 6.23. The number of terminal acetylenes is 1. The molecule has 4 aliphatic rings. The Hall–Kier alpha value is -4.30. The summed E-state index contributed by atoms with van der Waals surface area (Å²) < 4.78 is 11.6. The molecule has 0 amide bonds. The molecule has 15 heteroatoms. The molecule has 10 N–H and O–H groups in total. The monoisotopic (exact) mass is 816 g/mol. The van der Waals surface area contributed by atoms with Gasteiger partial charge in [0.2, 0.25) is 0 Å². The van der Waals surface area contributed by atoms with Gasteiger partial charge in [0, 0.05) is 32.6 Å². The number of fused-ring (bicyclic) bond motifs is 2. The van der Waals surface area contributed by atoms with E-state index in [2.05, 4.69) is 77.8 Å². The smallest absolute Gasteiger partial charge is 0.147 e. The van der Waals surface area contributed by atoms with Crippen LogP contribution in [0.2, 0.25) is 0 Å². The van der Waals surface area contributed by atoms with Crippen LogP contribution in [0.4, 0.5) is 0 Å². The van der Waals surface area contributed by atoms with Crippen molar-refractivity contribution >= 4 is 37.7 Å². The van der Waals surface area contributed by atoms with E-state index in [9.17, 15) is 40.9 Å². The van der Waals surface area contributed by atoms with Gasteiger partial charge in [0.15, 0.2) is 0 Å². The van der Waals surface area contributed by atoms with E-state index in [1.54, 1.807) is 18.5 Å². The molecule has 288 valence electrons. The quantitative estimate of drug-likeness (QED) is 0.121. The van der Waals surface area contributed by atoms with Crippen LogP contribution in [-0.2, 0) is 9.47 Å². The summed E-state index contributed by atoms with van der Waals surface area (Å²) in [5, 5.41) is 93.3. The molecule has 4 fully saturated rings. The summed E-state index contributed by atoms with van der Waals surface area (Å²) in [6.45, 7) is -0.967. The summed E-state index contributed by atoms with van der Waals surface area (Å²) in [6.07, 6.45) is 0.732. The summed E-state index contributed by atoms with van der Waals surface area (Å²) in [4.78, 5) is 0. The fraction of sp³-hybridized carbons (Fsp3) is 0.450. The van der Waals surface area contributed by atoms with Gasteiger partial charge in [-0.2, -0.15) is 10.2 Å². The Kier molecular flexibility index (Phi) is 13.3. The number of aromatic nitrogens is 4. The van der Waals surface area contributed by atoms with Crippen molar-refractivity contribution in [1.29, 1.82) is 0 Å². The number of hydrogen-bond donors (Lipinski definition) is 10. The first kappa shape index (κ1) is 40.4. The predicted octanol–water partition coefficient (Wildman–Crippen LogP) is 0.0672. The van der Waals surface area contributed by atoms with E-state index in [0.717, 1.165) is 44.7 Å². The molecule has 2 aromatic heterocycles. The van der Waals surface area contributed by atoms with Gasteiger partial charge in [-0.3, -0.25) is 10.2 Å². The normalized spacial score (nSPS) is 29.7. The molecule has 0 unspecified atom stereocenters. The Bertz CT molecular complexity index is 2190. The minimum atomic E-state index is -1.45. The minimum absolute atomic E-state index is 0.480. The first-order valence-corrected chi connectivity index (χ1v) is 18.5. The van der Waals surface area contributed by atoms with Gasteiger partial charge in [-0.25, -0.2) is 0 Å². The van der Waals surface area contributed by atoms with Gasteiger partial charge < -0.3 is 50.3 Å². The number of nitrogens with one attached hydrogen (secondary N) is 2. The number of benzene rings is 2. The van der Waals surface area contributed by atoms with Crippen molar-refractivity contribution in [2.24, 2.45) is 11.8 Å². The zero-order valence-electron chi connectivity index (χ0n) is 29.4. The Morgan fingerprint density at radius 2 is 1.13 bits per heavy atom. The molecule has 8 rings (SSSR count). The second-order valence-corrected chi connectivity index (χ2v) is 14.6. The average Bonchev–Trinajstić information content (AvgIpc) is 4.11. The van der Waals surface area contributed by atoms with Crippen LogP contribution in [0.1, 0.15) is 42.4 Å². The molecule has 2 aliphatic carbocycles. The van der Waals surface area contributed by atoms with Crippen LogP contribution in [-0.4, -0.2) is 136 Å². The number of aliphatic hydroxyl groups is 8. The maximum atomic E-state index is 10.1. The van der Waals surface area contributed by atoms with Gasteiger partial charge in [0.25, 0.3) is 0 Å². The van der Waals surface area contributed by atoms with Crippen LogP contribution in [0.25, 0.3) is 21.8 Å². The van der Waals surface area contributed by atoms with Crippen LogP contribution < -0.4 is 0 Å². The average molecular weight is 818 g/mol. The molecule has 14 nitrogen and oxygen atoms in total.